The Labute approximate surface area is 208 Å². The summed E-state index contributed by atoms with van der Waals surface area (Å²) in [6, 6.07) is 0.702. The number of methoxy groups -OCH3 is 1. The SMILES string of the molecule is COC1CCCCC1C1CC(C)NCC1C(=O)NC1NC2CN(C(=O)C3CCNCC3)CC2S1. The molecule has 0 aromatic carbocycles. The number of thioether (sulfide) groups is 1. The molecule has 8 nitrogen and oxygen atoms in total. The Morgan fingerprint density at radius 3 is 2.62 bits per heavy atom. The fraction of sp³-hybridized carbons (Fsp3) is 0.920. The van der Waals surface area contributed by atoms with Crippen molar-refractivity contribution < 1.29 is 14.3 Å². The second-order valence-electron chi connectivity index (χ2n) is 11.1. The number of ether oxygens (including phenoxy) is 1. The number of fused-ring (bicyclic) bond motifs is 1. The molecule has 0 aromatic rings. The second kappa shape index (κ2) is 11.0. The number of amides is 2. The predicted octanol–water partition coefficient (Wildman–Crippen LogP) is 1.12. The number of nitrogens with one attached hydrogen (secondary N) is 4. The van der Waals surface area contributed by atoms with Crippen LogP contribution >= 0.6 is 11.8 Å². The first-order chi connectivity index (χ1) is 16.5. The molecule has 5 fully saturated rings. The van der Waals surface area contributed by atoms with Gasteiger partial charge in [-0.2, -0.15) is 0 Å². The van der Waals surface area contributed by atoms with Crippen LogP contribution in [0.15, 0.2) is 0 Å². The topological polar surface area (TPSA) is 94.7 Å². The third-order valence-corrected chi connectivity index (χ3v) is 10.3. The lowest BCUT2D eigenvalue weighted by Crippen LogP contribution is -2.55. The van der Waals surface area contributed by atoms with E-state index in [0.29, 0.717) is 29.0 Å². The molecule has 5 aliphatic rings. The molecule has 0 spiro atoms. The van der Waals surface area contributed by atoms with Crippen LogP contribution in [0, 0.1) is 23.7 Å². The Bertz CT molecular complexity index is 721. The van der Waals surface area contributed by atoms with E-state index in [1.165, 1.54) is 19.3 Å². The standard InChI is InChI=1S/C25H43N5O3S/c1-15-11-18(17-5-3-4-6-21(17)33-2)19(12-27-15)23(31)29-25-28-20-13-30(14-22(20)34-25)24(32)16-7-9-26-10-8-16/h15-22,25-28H,3-14H2,1-2H3,(H,29,31). The number of hydrogen-bond donors (Lipinski definition) is 4. The molecule has 192 valence electrons. The smallest absolute Gasteiger partial charge is 0.226 e. The number of carbonyl (C=O) groups excluding carboxylic acids is 2. The number of rotatable bonds is 5. The lowest BCUT2D eigenvalue weighted by Gasteiger charge is -2.44. The van der Waals surface area contributed by atoms with E-state index in [2.05, 4.69) is 33.1 Å². The molecule has 0 radical (unpaired) electrons. The van der Waals surface area contributed by atoms with Crippen molar-refractivity contribution in [2.45, 2.75) is 80.8 Å². The maximum atomic E-state index is 13.5. The van der Waals surface area contributed by atoms with Gasteiger partial charge in [-0.25, -0.2) is 0 Å². The maximum absolute atomic E-state index is 13.5. The summed E-state index contributed by atoms with van der Waals surface area (Å²) in [4.78, 5) is 28.5. The number of nitrogens with zero attached hydrogens (tertiary/aromatic N) is 1. The Morgan fingerprint density at radius 1 is 1.06 bits per heavy atom. The zero-order valence-corrected chi connectivity index (χ0v) is 21.6. The van der Waals surface area contributed by atoms with Gasteiger partial charge in [-0.05, 0) is 64.0 Å². The van der Waals surface area contributed by atoms with E-state index in [4.69, 9.17) is 4.74 Å². The molecule has 8 unspecified atom stereocenters. The van der Waals surface area contributed by atoms with Gasteiger partial charge in [0.15, 0.2) is 0 Å². The van der Waals surface area contributed by atoms with Crippen molar-refractivity contribution in [1.82, 2.24) is 26.2 Å². The van der Waals surface area contributed by atoms with Gasteiger partial charge in [-0.15, -0.1) is 11.8 Å². The maximum Gasteiger partial charge on any atom is 0.226 e. The summed E-state index contributed by atoms with van der Waals surface area (Å²) in [5.41, 5.74) is -0.0665. The van der Waals surface area contributed by atoms with Crippen LogP contribution < -0.4 is 21.3 Å². The van der Waals surface area contributed by atoms with Gasteiger partial charge in [-0.3, -0.25) is 14.9 Å². The van der Waals surface area contributed by atoms with Gasteiger partial charge < -0.3 is 25.6 Å². The van der Waals surface area contributed by atoms with Crippen LogP contribution in [0.25, 0.3) is 0 Å². The highest BCUT2D eigenvalue weighted by molar-refractivity contribution is 8.00. The largest absolute Gasteiger partial charge is 0.381 e. The first-order valence-electron chi connectivity index (χ1n) is 13.5. The quantitative estimate of drug-likeness (QED) is 0.456. The highest BCUT2D eigenvalue weighted by atomic mass is 32.2. The Kier molecular flexibility index (Phi) is 8.05. The van der Waals surface area contributed by atoms with Crippen LogP contribution in [0.1, 0.15) is 51.9 Å². The summed E-state index contributed by atoms with van der Waals surface area (Å²) < 4.78 is 5.87. The molecule has 4 saturated heterocycles. The van der Waals surface area contributed by atoms with Crippen LogP contribution in [0.4, 0.5) is 0 Å². The fourth-order valence-corrected chi connectivity index (χ4v) is 8.51. The van der Waals surface area contributed by atoms with Crippen molar-refractivity contribution in [1.29, 1.82) is 0 Å². The molecule has 0 aromatic heterocycles. The normalized spacial score (nSPS) is 41.3. The average Bonchev–Trinajstić information content (AvgIpc) is 3.42. The van der Waals surface area contributed by atoms with Crippen LogP contribution in [-0.4, -0.2) is 85.5 Å². The molecule has 5 rings (SSSR count). The molecule has 0 bridgehead atoms. The van der Waals surface area contributed by atoms with Crippen LogP contribution in [0.5, 0.6) is 0 Å². The Balaban J connectivity index is 1.15. The van der Waals surface area contributed by atoms with E-state index in [1.54, 1.807) is 11.8 Å². The van der Waals surface area contributed by atoms with Crippen molar-refractivity contribution in [3.63, 3.8) is 0 Å². The molecule has 34 heavy (non-hydrogen) atoms. The minimum Gasteiger partial charge on any atom is -0.381 e. The van der Waals surface area contributed by atoms with E-state index in [0.717, 1.165) is 58.4 Å². The summed E-state index contributed by atoms with van der Waals surface area (Å²) in [6.07, 6.45) is 7.97. The molecule has 4 aliphatic heterocycles. The molecule has 4 heterocycles. The van der Waals surface area contributed by atoms with Gasteiger partial charge in [0, 0.05) is 50.0 Å². The summed E-state index contributed by atoms with van der Waals surface area (Å²) in [7, 11) is 1.83. The van der Waals surface area contributed by atoms with Gasteiger partial charge in [0.25, 0.3) is 0 Å². The highest BCUT2D eigenvalue weighted by Gasteiger charge is 2.46. The zero-order chi connectivity index (χ0) is 23.7. The van der Waals surface area contributed by atoms with E-state index in [9.17, 15) is 9.59 Å². The lowest BCUT2D eigenvalue weighted by atomic mass is 9.68. The predicted molar refractivity (Wildman–Crippen MR) is 134 cm³/mol. The Morgan fingerprint density at radius 2 is 1.85 bits per heavy atom. The minimum absolute atomic E-state index is 0.0159. The summed E-state index contributed by atoms with van der Waals surface area (Å²) in [5, 5.41) is 14.2. The number of hydrogen-bond acceptors (Lipinski definition) is 7. The molecule has 8 atom stereocenters. The number of carbonyl (C=O) groups is 2. The van der Waals surface area contributed by atoms with Crippen LogP contribution in [0.2, 0.25) is 0 Å². The average molecular weight is 494 g/mol. The van der Waals surface area contributed by atoms with Gasteiger partial charge in [-0.1, -0.05) is 12.8 Å². The van der Waals surface area contributed by atoms with E-state index < -0.39 is 0 Å². The van der Waals surface area contributed by atoms with Crippen molar-refractivity contribution in [3.8, 4) is 0 Å². The van der Waals surface area contributed by atoms with Gasteiger partial charge in [0.05, 0.1) is 12.0 Å². The molecular weight excluding hydrogens is 450 g/mol. The zero-order valence-electron chi connectivity index (χ0n) is 20.8. The summed E-state index contributed by atoms with van der Waals surface area (Å²) in [5.74, 6) is 1.48. The van der Waals surface area contributed by atoms with Crippen molar-refractivity contribution in [3.05, 3.63) is 0 Å². The monoisotopic (exact) mass is 493 g/mol. The third-order valence-electron chi connectivity index (χ3n) is 8.99. The highest BCUT2D eigenvalue weighted by Crippen LogP contribution is 2.40. The number of likely N-dealkylation sites (tertiary alicyclic amines) is 1. The molecule has 9 heteroatoms. The summed E-state index contributed by atoms with van der Waals surface area (Å²) in [6.45, 7) is 6.42. The molecule has 4 N–H and O–H groups in total. The van der Waals surface area contributed by atoms with Crippen LogP contribution in [-0.2, 0) is 14.3 Å². The van der Waals surface area contributed by atoms with Crippen molar-refractivity contribution >= 4 is 23.6 Å². The van der Waals surface area contributed by atoms with Crippen LogP contribution in [0.3, 0.4) is 0 Å². The molecule has 1 aliphatic carbocycles. The summed E-state index contributed by atoms with van der Waals surface area (Å²) >= 11 is 1.79. The first-order valence-corrected chi connectivity index (χ1v) is 14.5. The minimum atomic E-state index is -0.0665. The fourth-order valence-electron chi connectivity index (χ4n) is 7.10. The second-order valence-corrected chi connectivity index (χ2v) is 12.5. The third kappa shape index (κ3) is 5.28. The molecular formula is C25H43N5O3S. The van der Waals surface area contributed by atoms with Gasteiger partial charge >= 0.3 is 0 Å². The lowest BCUT2D eigenvalue weighted by molar-refractivity contribution is -0.135. The van der Waals surface area contributed by atoms with E-state index >= 15 is 0 Å². The van der Waals surface area contributed by atoms with Gasteiger partial charge in [0.2, 0.25) is 11.8 Å². The van der Waals surface area contributed by atoms with Gasteiger partial charge in [0.1, 0.15) is 5.50 Å². The molecule has 2 amide bonds. The first kappa shape index (κ1) is 24.8. The van der Waals surface area contributed by atoms with Crippen molar-refractivity contribution in [2.24, 2.45) is 23.7 Å². The van der Waals surface area contributed by atoms with E-state index in [-0.39, 0.29) is 35.4 Å². The molecule has 1 saturated carbocycles. The number of piperidine rings is 2. The Hall–Kier alpha value is -0.870. The van der Waals surface area contributed by atoms with Crippen molar-refractivity contribution in [2.75, 3.05) is 39.8 Å². The van der Waals surface area contributed by atoms with E-state index in [1.807, 2.05) is 7.11 Å².